The third-order valence-electron chi connectivity index (χ3n) is 13.9. The van der Waals surface area contributed by atoms with E-state index in [1.54, 1.807) is 6.08 Å². The second kappa shape index (κ2) is 51.9. The van der Waals surface area contributed by atoms with E-state index in [-0.39, 0.29) is 19.1 Å². The van der Waals surface area contributed by atoms with Crippen LogP contribution in [0.5, 0.6) is 0 Å². The number of unbranched alkanes of at least 4 members (excludes halogenated alkanes) is 41. The number of amides is 1. The van der Waals surface area contributed by atoms with E-state index in [2.05, 4.69) is 31.3 Å². The van der Waals surface area contributed by atoms with Crippen molar-refractivity contribution in [3.63, 3.8) is 0 Å². The summed E-state index contributed by atoms with van der Waals surface area (Å²) >= 11 is 0. The van der Waals surface area contributed by atoms with Crippen molar-refractivity contribution in [1.29, 1.82) is 0 Å². The Balaban J connectivity index is 4.15. The fraction of sp³-hybridized carbons (Fsp3) is 0.917. The van der Waals surface area contributed by atoms with E-state index in [4.69, 9.17) is 9.05 Å². The molecule has 1 amide bonds. The molecule has 9 heteroatoms. The van der Waals surface area contributed by atoms with Crippen molar-refractivity contribution in [2.24, 2.45) is 0 Å². The van der Waals surface area contributed by atoms with E-state index in [0.717, 1.165) is 38.5 Å². The summed E-state index contributed by atoms with van der Waals surface area (Å²) in [6.07, 6.45) is 65.4. The number of nitrogens with zero attached hydrogens (tertiary/aromatic N) is 1. The highest BCUT2D eigenvalue weighted by Gasteiger charge is 2.23. The zero-order valence-electron chi connectivity index (χ0n) is 46.8. The first kappa shape index (κ1) is 68.0. The molecular formula is C60H119N2O6P. The van der Waals surface area contributed by atoms with Gasteiger partial charge in [0.25, 0.3) is 7.82 Å². The molecule has 410 valence electrons. The monoisotopic (exact) mass is 995 g/mol. The number of allylic oxidation sites excluding steroid dienone is 3. The van der Waals surface area contributed by atoms with Crippen LogP contribution in [0, 0.1) is 0 Å². The van der Waals surface area contributed by atoms with E-state index in [1.165, 1.54) is 244 Å². The average Bonchev–Trinajstić information content (AvgIpc) is 3.31. The topological polar surface area (TPSA) is 108 Å². The molecule has 0 aromatic carbocycles. The third kappa shape index (κ3) is 54.6. The standard InChI is InChI=1S/C60H119N2O6P/c1-6-8-10-12-14-16-18-20-22-24-26-28-29-30-31-32-33-34-36-38-40-42-44-46-48-50-52-54-60(64)61-58(57-68-69(65,66)67-56-55-62(3,4)5)59(63)53-51-49-47-45-43-41-39-37-35-27-25-23-21-19-17-15-13-11-9-7-2/h30-31,51,53,58-59,63H,6-29,32-50,52,54-57H2,1-5H3,(H-,61,64,65,66)/b31-30-,53-51+. The van der Waals surface area contributed by atoms with Gasteiger partial charge in [0.15, 0.2) is 0 Å². The zero-order valence-corrected chi connectivity index (χ0v) is 47.7. The molecule has 3 unspecified atom stereocenters. The van der Waals surface area contributed by atoms with Gasteiger partial charge in [0.1, 0.15) is 13.2 Å². The van der Waals surface area contributed by atoms with Gasteiger partial charge in [-0.05, 0) is 44.9 Å². The predicted molar refractivity (Wildman–Crippen MR) is 298 cm³/mol. The maximum atomic E-state index is 13.0. The lowest BCUT2D eigenvalue weighted by molar-refractivity contribution is -0.870. The molecule has 69 heavy (non-hydrogen) atoms. The normalized spacial score (nSPS) is 14.0. The molecule has 0 aliphatic heterocycles. The summed E-state index contributed by atoms with van der Waals surface area (Å²) in [5.41, 5.74) is 0. The molecule has 0 radical (unpaired) electrons. The van der Waals surface area contributed by atoms with E-state index >= 15 is 0 Å². The lowest BCUT2D eigenvalue weighted by atomic mass is 10.0. The highest BCUT2D eigenvalue weighted by atomic mass is 31.2. The molecule has 0 aliphatic rings. The second-order valence-corrected chi connectivity index (χ2v) is 23.5. The molecule has 0 aromatic rings. The van der Waals surface area contributed by atoms with Crippen LogP contribution in [0.25, 0.3) is 0 Å². The summed E-state index contributed by atoms with van der Waals surface area (Å²) in [7, 11) is 1.27. The summed E-state index contributed by atoms with van der Waals surface area (Å²) in [6.45, 7) is 4.70. The van der Waals surface area contributed by atoms with Crippen molar-refractivity contribution >= 4 is 13.7 Å². The number of aliphatic hydroxyl groups is 1. The van der Waals surface area contributed by atoms with Crippen LogP contribution in [0.15, 0.2) is 24.3 Å². The van der Waals surface area contributed by atoms with Gasteiger partial charge in [-0.1, -0.05) is 276 Å². The van der Waals surface area contributed by atoms with Crippen molar-refractivity contribution in [3.05, 3.63) is 24.3 Å². The minimum Gasteiger partial charge on any atom is -0.756 e. The number of likely N-dealkylation sites (N-methyl/N-ethyl adjacent to an activating group) is 1. The molecule has 0 aliphatic carbocycles. The molecule has 8 nitrogen and oxygen atoms in total. The summed E-state index contributed by atoms with van der Waals surface area (Å²) in [5.74, 6) is -0.193. The molecule has 0 heterocycles. The molecule has 0 spiro atoms. The number of carbonyl (C=O) groups excluding carboxylic acids is 1. The minimum atomic E-state index is -4.60. The molecule has 0 aromatic heterocycles. The number of phosphoric acid groups is 1. The van der Waals surface area contributed by atoms with E-state index < -0.39 is 20.0 Å². The van der Waals surface area contributed by atoms with Gasteiger partial charge in [-0.3, -0.25) is 9.36 Å². The van der Waals surface area contributed by atoms with E-state index in [9.17, 15) is 19.4 Å². The third-order valence-corrected chi connectivity index (χ3v) is 14.9. The van der Waals surface area contributed by atoms with E-state index in [0.29, 0.717) is 17.4 Å². The quantitative estimate of drug-likeness (QED) is 0.0272. The van der Waals surface area contributed by atoms with Gasteiger partial charge in [0.2, 0.25) is 5.91 Å². The van der Waals surface area contributed by atoms with Crippen LogP contribution in [-0.4, -0.2) is 68.5 Å². The average molecular weight is 996 g/mol. The first-order valence-electron chi connectivity index (χ1n) is 30.2. The second-order valence-electron chi connectivity index (χ2n) is 22.1. The maximum absolute atomic E-state index is 13.0. The first-order valence-corrected chi connectivity index (χ1v) is 31.7. The molecule has 0 bridgehead atoms. The van der Waals surface area contributed by atoms with Crippen LogP contribution < -0.4 is 10.2 Å². The van der Waals surface area contributed by atoms with Crippen LogP contribution in [-0.2, 0) is 18.4 Å². The fourth-order valence-electron chi connectivity index (χ4n) is 9.15. The molecule has 0 saturated carbocycles. The predicted octanol–water partition coefficient (Wildman–Crippen LogP) is 17.7. The SMILES string of the molecule is CCCCCCCCCCCCCC/C=C\CCCCCCCCCCCCCC(=O)NC(COP(=O)([O-])OCC[N+](C)(C)C)C(O)/C=C/CCCCCCCCCCCCCCCCCCCC. The van der Waals surface area contributed by atoms with Crippen molar-refractivity contribution in [1.82, 2.24) is 5.32 Å². The summed E-state index contributed by atoms with van der Waals surface area (Å²) in [5, 5.41) is 13.9. The molecule has 2 N–H and O–H groups in total. The zero-order chi connectivity index (χ0) is 50.6. The highest BCUT2D eigenvalue weighted by molar-refractivity contribution is 7.45. The van der Waals surface area contributed by atoms with E-state index in [1.807, 2.05) is 27.2 Å². The highest BCUT2D eigenvalue weighted by Crippen LogP contribution is 2.38. The number of aliphatic hydroxyl groups excluding tert-OH is 1. The van der Waals surface area contributed by atoms with Gasteiger partial charge in [-0.15, -0.1) is 0 Å². The summed E-state index contributed by atoms with van der Waals surface area (Å²) < 4.78 is 23.4. The maximum Gasteiger partial charge on any atom is 0.268 e. The number of rotatable bonds is 56. The summed E-state index contributed by atoms with van der Waals surface area (Å²) in [4.78, 5) is 25.5. The Kier molecular flexibility index (Phi) is 51.1. The number of phosphoric ester groups is 1. The van der Waals surface area contributed by atoms with Crippen LogP contribution in [0.2, 0.25) is 0 Å². The van der Waals surface area contributed by atoms with Gasteiger partial charge in [0.05, 0.1) is 39.9 Å². The summed E-state index contributed by atoms with van der Waals surface area (Å²) in [6, 6.07) is -0.885. The van der Waals surface area contributed by atoms with Gasteiger partial charge in [0, 0.05) is 6.42 Å². The van der Waals surface area contributed by atoms with Gasteiger partial charge >= 0.3 is 0 Å². The Labute approximate surface area is 430 Å². The molecule has 0 saturated heterocycles. The molecular weight excluding hydrogens is 876 g/mol. The van der Waals surface area contributed by atoms with Gasteiger partial charge < -0.3 is 28.8 Å². The van der Waals surface area contributed by atoms with Gasteiger partial charge in [-0.2, -0.15) is 0 Å². The number of hydrogen-bond donors (Lipinski definition) is 2. The van der Waals surface area contributed by atoms with Crippen LogP contribution in [0.4, 0.5) is 0 Å². The number of nitrogens with one attached hydrogen (secondary N) is 1. The Bertz CT molecular complexity index is 1170. The minimum absolute atomic E-state index is 0.000792. The van der Waals surface area contributed by atoms with Crippen LogP contribution in [0.1, 0.15) is 303 Å². The molecule has 0 rings (SSSR count). The van der Waals surface area contributed by atoms with Crippen LogP contribution >= 0.6 is 7.82 Å². The van der Waals surface area contributed by atoms with Crippen molar-refractivity contribution < 1.29 is 32.9 Å². The Morgan fingerprint density at radius 1 is 0.493 bits per heavy atom. The number of quaternary nitrogens is 1. The van der Waals surface area contributed by atoms with Crippen molar-refractivity contribution in [2.75, 3.05) is 40.9 Å². The Morgan fingerprint density at radius 3 is 1.13 bits per heavy atom. The largest absolute Gasteiger partial charge is 0.756 e. The Hall–Kier alpha value is -1.02. The lowest BCUT2D eigenvalue weighted by Crippen LogP contribution is -2.45. The number of carbonyl (C=O) groups is 1. The van der Waals surface area contributed by atoms with Crippen molar-refractivity contribution in [2.45, 2.75) is 315 Å². The molecule has 3 atom stereocenters. The smallest absolute Gasteiger partial charge is 0.268 e. The lowest BCUT2D eigenvalue weighted by Gasteiger charge is -2.29. The first-order chi connectivity index (χ1) is 33.5. The fourth-order valence-corrected chi connectivity index (χ4v) is 9.87. The molecule has 0 fully saturated rings. The Morgan fingerprint density at radius 2 is 0.797 bits per heavy atom. The van der Waals surface area contributed by atoms with Crippen LogP contribution in [0.3, 0.4) is 0 Å². The number of hydrogen-bond acceptors (Lipinski definition) is 6. The van der Waals surface area contributed by atoms with Gasteiger partial charge in [-0.25, -0.2) is 0 Å². The van der Waals surface area contributed by atoms with Crippen molar-refractivity contribution in [3.8, 4) is 0 Å².